The van der Waals surface area contributed by atoms with Crippen LogP contribution in [-0.4, -0.2) is 45.2 Å². The van der Waals surface area contributed by atoms with Crippen molar-refractivity contribution in [3.8, 4) is 0 Å². The lowest BCUT2D eigenvalue weighted by Crippen LogP contribution is -2.65. The molecule has 0 N–H and O–H groups in total. The summed E-state index contributed by atoms with van der Waals surface area (Å²) in [7, 11) is 3.25. The van der Waals surface area contributed by atoms with Crippen LogP contribution in [0.2, 0.25) is 0 Å². The van der Waals surface area contributed by atoms with Crippen LogP contribution in [0.3, 0.4) is 0 Å². The van der Waals surface area contributed by atoms with E-state index in [-0.39, 0.29) is 30.4 Å². The molecule has 2 aliphatic carbocycles. The Kier molecular flexibility index (Phi) is 7.78. The molecule has 8 nitrogen and oxygen atoms in total. The van der Waals surface area contributed by atoms with Gasteiger partial charge in [0.2, 0.25) is 0 Å². The summed E-state index contributed by atoms with van der Waals surface area (Å²) in [5, 5.41) is 0. The molecule has 1 aromatic carbocycles. The Morgan fingerprint density at radius 1 is 1.05 bits per heavy atom. The smallest absolute Gasteiger partial charge is 0.310 e. The summed E-state index contributed by atoms with van der Waals surface area (Å²) in [6, 6.07) is 11.6. The third-order valence-corrected chi connectivity index (χ3v) is 9.34. The first-order valence-electron chi connectivity index (χ1n) is 13.4. The average molecular weight is 527 g/mol. The summed E-state index contributed by atoms with van der Waals surface area (Å²) < 4.78 is 34.6. The van der Waals surface area contributed by atoms with Gasteiger partial charge in [0.05, 0.1) is 25.1 Å². The number of carbonyl (C=O) groups excluding carboxylic acids is 2. The van der Waals surface area contributed by atoms with Gasteiger partial charge in [-0.05, 0) is 48.1 Å². The highest BCUT2D eigenvalue weighted by atomic mass is 16.7. The lowest BCUT2D eigenvalue weighted by Gasteiger charge is -2.62. The second-order valence-electron chi connectivity index (χ2n) is 11.4. The fourth-order valence-corrected chi connectivity index (χ4v) is 7.55. The van der Waals surface area contributed by atoms with E-state index in [1.165, 1.54) is 0 Å². The van der Waals surface area contributed by atoms with E-state index >= 15 is 0 Å². The largest absolute Gasteiger partial charge is 0.472 e. The molecule has 0 radical (unpaired) electrons. The van der Waals surface area contributed by atoms with Crippen LogP contribution in [0, 0.1) is 28.6 Å². The highest BCUT2D eigenvalue weighted by Crippen LogP contribution is 2.65. The van der Waals surface area contributed by atoms with Gasteiger partial charge in [-0.1, -0.05) is 44.2 Å². The lowest BCUT2D eigenvalue weighted by molar-refractivity contribution is -0.241. The van der Waals surface area contributed by atoms with Crippen LogP contribution in [0.1, 0.15) is 56.8 Å². The van der Waals surface area contributed by atoms with Crippen molar-refractivity contribution in [2.45, 2.75) is 64.6 Å². The fourth-order valence-electron chi connectivity index (χ4n) is 7.55. The van der Waals surface area contributed by atoms with E-state index in [2.05, 4.69) is 13.8 Å². The van der Waals surface area contributed by atoms with Gasteiger partial charge >= 0.3 is 5.97 Å². The third-order valence-electron chi connectivity index (χ3n) is 9.34. The number of rotatable bonds is 9. The quantitative estimate of drug-likeness (QED) is 0.254. The molecule has 2 heterocycles. The molecule has 2 aromatic rings. The molecule has 38 heavy (non-hydrogen) atoms. The van der Waals surface area contributed by atoms with E-state index < -0.39 is 35.2 Å². The first kappa shape index (κ1) is 27.1. The van der Waals surface area contributed by atoms with Crippen LogP contribution in [0.4, 0.5) is 0 Å². The summed E-state index contributed by atoms with van der Waals surface area (Å²) in [4.78, 5) is 27.6. The number of benzene rings is 1. The van der Waals surface area contributed by atoms with E-state index in [1.54, 1.807) is 26.7 Å². The minimum Gasteiger partial charge on any atom is -0.472 e. The summed E-state index contributed by atoms with van der Waals surface area (Å²) in [6.07, 6.45) is 3.85. The molecule has 5 rings (SSSR count). The molecule has 0 spiro atoms. The Hall–Kier alpha value is -2.52. The molecule has 1 aliphatic heterocycles. The Bertz CT molecular complexity index is 1100. The van der Waals surface area contributed by atoms with Gasteiger partial charge in [-0.2, -0.15) is 0 Å². The molecule has 0 unspecified atom stereocenters. The van der Waals surface area contributed by atoms with Crippen molar-refractivity contribution < 1.29 is 37.7 Å². The van der Waals surface area contributed by atoms with Gasteiger partial charge in [0, 0.05) is 31.6 Å². The normalized spacial score (nSPS) is 35.0. The van der Waals surface area contributed by atoms with E-state index in [1.807, 2.05) is 36.4 Å². The number of fused-ring (bicyclic) bond motifs is 3. The van der Waals surface area contributed by atoms with Gasteiger partial charge in [-0.25, -0.2) is 0 Å². The van der Waals surface area contributed by atoms with Gasteiger partial charge < -0.3 is 28.1 Å². The van der Waals surface area contributed by atoms with Crippen LogP contribution in [-0.2, 0) is 39.9 Å². The number of furan rings is 1. The van der Waals surface area contributed by atoms with Crippen LogP contribution < -0.4 is 0 Å². The van der Waals surface area contributed by atoms with Crippen LogP contribution in [0.25, 0.3) is 0 Å². The molecule has 1 aromatic heterocycles. The fraction of sp³-hybridized carbons (Fsp3) is 0.600. The number of hydrogen-bond donors (Lipinski definition) is 0. The second kappa shape index (κ2) is 10.9. The number of esters is 1. The predicted octanol–water partition coefficient (Wildman–Crippen LogP) is 5.07. The van der Waals surface area contributed by atoms with Crippen LogP contribution >= 0.6 is 0 Å². The van der Waals surface area contributed by atoms with Crippen LogP contribution in [0.5, 0.6) is 0 Å². The summed E-state index contributed by atoms with van der Waals surface area (Å²) >= 11 is 0. The van der Waals surface area contributed by atoms with Crippen molar-refractivity contribution in [1.29, 1.82) is 0 Å². The second-order valence-corrected chi connectivity index (χ2v) is 11.4. The number of Topliss-reactive ketones (excluding diaryl/α,β-unsaturated/α-hetero) is 1. The number of ketones is 1. The topological polar surface area (TPSA) is 93.4 Å². The number of ether oxygens (including phenoxy) is 5. The molecule has 3 fully saturated rings. The number of methoxy groups -OCH3 is 2. The summed E-state index contributed by atoms with van der Waals surface area (Å²) in [5.41, 5.74) is 0.767. The molecular formula is C30H38O8. The molecule has 2 saturated carbocycles. The van der Waals surface area contributed by atoms with Crippen LogP contribution in [0.15, 0.2) is 53.3 Å². The maximum atomic E-state index is 14.3. The standard InChI is InChI=1S/C30H38O8/c1-29-12-10-21-27(32)38-24(20-11-13-35-17-20)15-30(21,2)26(29)25(31)23(14-22(29)28(33-3)34-4)37-18-36-16-19-8-6-5-7-9-19/h5-9,11,13,17,21-24,26,28H,10,12,14-16,18H2,1-4H3/t21-,22+,23+,24+,26+,29+,30+/m1/s1. The minimum atomic E-state index is -0.692. The SMILES string of the molecule is COC(OC)[C@@H]1C[C@H](OCOCc2ccccc2)C(=O)[C@@H]2[C@@]3(C)C[C@@H](c4ccoc4)OC(=O)[C@H]3CC[C@]21C. The molecule has 1 saturated heterocycles. The van der Waals surface area contributed by atoms with Gasteiger partial charge in [0.25, 0.3) is 0 Å². The Morgan fingerprint density at radius 2 is 1.82 bits per heavy atom. The Labute approximate surface area is 223 Å². The number of carbonyl (C=O) groups is 2. The van der Waals surface area contributed by atoms with Gasteiger partial charge in [0.1, 0.15) is 19.0 Å². The first-order chi connectivity index (χ1) is 18.3. The van der Waals surface area contributed by atoms with E-state index in [9.17, 15) is 9.59 Å². The number of hydrogen-bond acceptors (Lipinski definition) is 8. The third kappa shape index (κ3) is 4.72. The molecule has 7 atom stereocenters. The summed E-state index contributed by atoms with van der Waals surface area (Å²) in [5.74, 6) is -1.15. The molecule has 8 heteroatoms. The first-order valence-corrected chi connectivity index (χ1v) is 13.4. The maximum Gasteiger partial charge on any atom is 0.310 e. The van der Waals surface area contributed by atoms with Gasteiger partial charge in [-0.15, -0.1) is 0 Å². The zero-order valence-corrected chi connectivity index (χ0v) is 22.6. The molecule has 0 amide bonds. The molecule has 3 aliphatic rings. The predicted molar refractivity (Wildman–Crippen MR) is 136 cm³/mol. The molecular weight excluding hydrogens is 488 g/mol. The monoisotopic (exact) mass is 526 g/mol. The lowest BCUT2D eigenvalue weighted by atomic mass is 9.43. The van der Waals surface area contributed by atoms with E-state index in [4.69, 9.17) is 28.1 Å². The zero-order valence-electron chi connectivity index (χ0n) is 22.6. The highest BCUT2D eigenvalue weighted by Gasteiger charge is 2.67. The van der Waals surface area contributed by atoms with Crippen molar-refractivity contribution in [2.75, 3.05) is 21.0 Å². The van der Waals surface area contributed by atoms with Gasteiger partial charge in [0.15, 0.2) is 12.1 Å². The number of cyclic esters (lactones) is 1. The van der Waals surface area contributed by atoms with Crippen molar-refractivity contribution >= 4 is 11.8 Å². The van der Waals surface area contributed by atoms with Gasteiger partial charge in [-0.3, -0.25) is 9.59 Å². The molecule has 0 bridgehead atoms. The minimum absolute atomic E-state index is 0.00802. The Morgan fingerprint density at radius 3 is 2.50 bits per heavy atom. The highest BCUT2D eigenvalue weighted by molar-refractivity contribution is 5.89. The summed E-state index contributed by atoms with van der Waals surface area (Å²) in [6.45, 7) is 4.61. The maximum absolute atomic E-state index is 14.3. The van der Waals surface area contributed by atoms with Crippen molar-refractivity contribution in [1.82, 2.24) is 0 Å². The van der Waals surface area contributed by atoms with E-state index in [0.29, 0.717) is 32.3 Å². The Balaban J connectivity index is 1.43. The van der Waals surface area contributed by atoms with Crippen molar-refractivity contribution in [2.24, 2.45) is 28.6 Å². The van der Waals surface area contributed by atoms with Crippen molar-refractivity contribution in [3.05, 3.63) is 60.1 Å². The van der Waals surface area contributed by atoms with E-state index in [0.717, 1.165) is 11.1 Å². The zero-order chi connectivity index (χ0) is 26.9. The average Bonchev–Trinajstić information content (AvgIpc) is 3.44. The molecule has 206 valence electrons. The van der Waals surface area contributed by atoms with Crippen molar-refractivity contribution in [3.63, 3.8) is 0 Å².